The quantitative estimate of drug-likeness (QED) is 0.0135. The highest BCUT2D eigenvalue weighted by Crippen LogP contribution is 2.44. The Hall–Kier alpha value is 1.09. The fraction of sp³-hybridized carbons (Fsp3) is 1.00. The predicted molar refractivity (Wildman–Crippen MR) is 405 cm³/mol. The minimum Gasteiger partial charge on any atom is -0.390 e. The molecule has 0 aliphatic carbocycles. The van der Waals surface area contributed by atoms with E-state index in [-0.39, 0.29) is 136 Å². The molecule has 72 heteroatoms. The minimum atomic E-state index is -5.33. The molecule has 750 valence electrons. The van der Waals surface area contributed by atoms with Crippen molar-refractivity contribution >= 4 is 134 Å². The van der Waals surface area contributed by atoms with E-state index in [1.165, 1.54) is 20.8 Å². The summed E-state index contributed by atoms with van der Waals surface area (Å²) in [6.45, 7) is 6.88. The Morgan fingerprint density at radius 2 is 0.496 bits per heavy atom. The van der Waals surface area contributed by atoms with Gasteiger partial charge < -0.3 is 82.0 Å². The van der Waals surface area contributed by atoms with Crippen LogP contribution in [0.25, 0.3) is 0 Å². The van der Waals surface area contributed by atoms with E-state index in [9.17, 15) is 49.2 Å². The Morgan fingerprint density at radius 1 is 0.236 bits per heavy atom. The summed E-state index contributed by atoms with van der Waals surface area (Å²) < 4.78 is 225. The van der Waals surface area contributed by atoms with Crippen LogP contribution in [-0.2, 0) is 212 Å². The number of hydrogen-bond acceptors (Lipinski definition) is 70. The molecule has 0 aromatic rings. The molecule has 0 bridgehead atoms. The molecule has 0 amide bonds. The fourth-order valence-electron chi connectivity index (χ4n) is 14.9. The smallest absolute Gasteiger partial charge is 0.390 e. The molecule has 35 atom stereocenters. The highest BCUT2D eigenvalue weighted by Gasteiger charge is 2.56. The highest BCUT2D eigenvalue weighted by molar-refractivity contribution is 7.91. The fourth-order valence-corrected chi connectivity index (χ4v) is 19.5. The molecule has 61 nitrogen and oxygen atoms in total. The van der Waals surface area contributed by atoms with E-state index >= 15 is 0 Å². The van der Waals surface area contributed by atoms with E-state index in [2.05, 4.69) is 85.1 Å². The SMILES string of the molecule is CC1O[C@@H](COC[C@@H]2C(OSOOO)[C@H](COC[C@@H]3C(COC[C@@H]4OC(C)[C@H](O)[C@H](OS(=O)(=O)O)C4O)[C@H](COCC4[C@H](COC[C@@H]5C(OSOOO)C(O)OC(C)[C@@H]5OSOOO)OC(C)[C@H](OSOOO)[C@@H]4COC[C@@H]4OC(C)[C@H](OSOOO)[C@H](OSOOO)C4OSOOO)OC(C)[C@@H]3OSOOO)OC(C)[C@@H]2OSOOO)C(OSOOO)[C@@H](O)[C@H]1C. The lowest BCUT2D eigenvalue weighted by molar-refractivity contribution is -0.436. The molecule has 127 heavy (non-hydrogen) atoms. The van der Waals surface area contributed by atoms with Gasteiger partial charge in [0, 0.05) is 41.4 Å². The van der Waals surface area contributed by atoms with Crippen molar-refractivity contribution in [2.45, 2.75) is 226 Å². The summed E-state index contributed by atoms with van der Waals surface area (Å²) in [4.78, 5) is 0. The van der Waals surface area contributed by atoms with Crippen LogP contribution in [0, 0.1) is 41.4 Å². The maximum atomic E-state index is 12.1. The van der Waals surface area contributed by atoms with E-state index < -0.39 is 289 Å². The zero-order chi connectivity index (χ0) is 92.4. The standard InChI is InChI=1S/C55H98O61S11/c1-21-22(2)79-39(51(41(21)56)93-124-114-104-67)19-78-13-33-46(88-119-109-99-62)26(6)83-38(49(33)91-122-112-102-65)18-75-11-31-30(10-74-17-37-43(58)53(96-127(70,71)72)42(57)23(3)80-37)35(81-24(4)44(31)86-117-107-97-60)15-73-9-29-32(12-76-20-40-52(94-125-115-105-68)54(95-126-116-106-69)48(28(8)84-40)90-121-111-101-64)45(87-118-108-98-61)25(5)82-36(29)16-77-14-34-47(89-120-110-100-63)27(7)85-55(59)50(34)92-123-113-103-66/h21-69H,9-20H2,1-8H3,(H,70,71,72)/t21-,22?,23?,24?,25?,26?,27?,28?,29?,30?,31+,32+,33-,34-,35-,36-,37-,38-,39-,40-,41-,42-,43?,44-,45-,46-,47-,48-,49?,50?,51?,52?,53-,54-,55?/m0/s1. The first kappa shape index (κ1) is 115. The van der Waals surface area contributed by atoms with Crippen molar-refractivity contribution in [1.29, 1.82) is 0 Å². The Labute approximate surface area is 763 Å². The maximum Gasteiger partial charge on any atom is 0.397 e. The summed E-state index contributed by atoms with van der Waals surface area (Å²) in [7, 11) is -5.33. The van der Waals surface area contributed by atoms with Gasteiger partial charge >= 0.3 is 10.4 Å². The van der Waals surface area contributed by atoms with Gasteiger partial charge in [0.15, 0.2) is 130 Å². The van der Waals surface area contributed by atoms with Crippen molar-refractivity contribution in [3.8, 4) is 0 Å². The summed E-state index contributed by atoms with van der Waals surface area (Å²) in [6, 6.07) is 0. The van der Waals surface area contributed by atoms with Crippen LogP contribution in [0.2, 0.25) is 0 Å². The summed E-state index contributed by atoms with van der Waals surface area (Å²) in [5, 5.41) is 173. The molecule has 0 saturated carbocycles. The molecule has 0 aromatic heterocycles. The van der Waals surface area contributed by atoms with Crippen LogP contribution in [0.5, 0.6) is 0 Å². The average Bonchev–Trinajstić information content (AvgIpc) is 0.629. The first-order valence-electron chi connectivity index (χ1n) is 36.7. The number of aliphatic hydroxyl groups is 4. The molecule has 0 radical (unpaired) electrons. The number of aliphatic hydroxyl groups excluding tert-OH is 4. The molecule has 7 saturated heterocycles. The van der Waals surface area contributed by atoms with Gasteiger partial charge in [-0.1, -0.05) is 57.3 Å². The van der Waals surface area contributed by atoms with Gasteiger partial charge in [-0.05, 0) is 48.5 Å². The Bertz CT molecular complexity index is 2930. The van der Waals surface area contributed by atoms with Crippen molar-refractivity contribution in [2.24, 2.45) is 41.4 Å². The first-order chi connectivity index (χ1) is 61.3. The Kier molecular flexibility index (Phi) is 57.7. The van der Waals surface area contributed by atoms with Crippen LogP contribution >= 0.6 is 123 Å². The Balaban J connectivity index is 1.28. The topological polar surface area (TPSA) is 744 Å². The maximum absolute atomic E-state index is 12.1. The predicted octanol–water partition coefficient (Wildman–Crippen LogP) is 3.85. The van der Waals surface area contributed by atoms with Crippen LogP contribution in [0.4, 0.5) is 0 Å². The van der Waals surface area contributed by atoms with Crippen LogP contribution in [-0.4, -0.2) is 336 Å². The molecular formula is C55H98O61S11. The summed E-state index contributed by atoms with van der Waals surface area (Å²) >= 11 is 1.17. The zero-order valence-corrected chi connectivity index (χ0v) is 75.7. The second kappa shape index (κ2) is 63.7. The Morgan fingerprint density at radius 3 is 0.890 bits per heavy atom. The van der Waals surface area contributed by atoms with E-state index in [1.807, 2.05) is 0 Å². The minimum absolute atomic E-state index is 0.0535. The van der Waals surface area contributed by atoms with Gasteiger partial charge in [0.25, 0.3) is 0 Å². The van der Waals surface area contributed by atoms with Crippen molar-refractivity contribution in [1.82, 2.24) is 0 Å². The van der Waals surface area contributed by atoms with Gasteiger partial charge in [-0.2, -0.15) is 8.42 Å². The molecule has 7 heterocycles. The summed E-state index contributed by atoms with van der Waals surface area (Å²) in [6.07, 6.45) is -36.2. The van der Waals surface area contributed by atoms with Gasteiger partial charge in [-0.25, -0.2) is 56.8 Å². The highest BCUT2D eigenvalue weighted by atomic mass is 32.3. The molecule has 15 N–H and O–H groups in total. The number of rotatable bonds is 66. The first-order valence-corrected chi connectivity index (χ1v) is 44.8. The van der Waals surface area contributed by atoms with Gasteiger partial charge in [0.1, 0.15) is 104 Å². The van der Waals surface area contributed by atoms with Crippen LogP contribution in [0.1, 0.15) is 55.4 Å². The number of ether oxygens (including phenoxy) is 13. The zero-order valence-electron chi connectivity index (χ0n) is 66.7. The van der Waals surface area contributed by atoms with Gasteiger partial charge in [-0.3, -0.25) is 46.4 Å². The summed E-state index contributed by atoms with van der Waals surface area (Å²) in [5.41, 5.74) is 0. The molecule has 0 spiro atoms. The molecule has 7 aliphatic heterocycles. The van der Waals surface area contributed by atoms with E-state index in [0.717, 1.165) is 0 Å². The van der Waals surface area contributed by atoms with E-state index in [4.69, 9.17) is 153 Å². The largest absolute Gasteiger partial charge is 0.397 e. The lowest BCUT2D eigenvalue weighted by Gasteiger charge is -2.47. The second-order valence-electron chi connectivity index (χ2n) is 27.8. The monoisotopic (exact) mass is 2090 g/mol. The third-order valence-electron chi connectivity index (χ3n) is 20.6. The van der Waals surface area contributed by atoms with Crippen LogP contribution in [0.3, 0.4) is 0 Å². The van der Waals surface area contributed by atoms with Crippen molar-refractivity contribution in [3.05, 3.63) is 0 Å². The van der Waals surface area contributed by atoms with Crippen molar-refractivity contribution < 1.29 is 287 Å². The average molecular weight is 2090 g/mol. The third-order valence-corrected chi connectivity index (χ3v) is 25.3. The lowest BCUT2D eigenvalue weighted by Crippen LogP contribution is -2.59. The molecule has 7 rings (SSSR count). The van der Waals surface area contributed by atoms with Crippen LogP contribution in [0.15, 0.2) is 0 Å². The molecule has 0 aromatic carbocycles. The van der Waals surface area contributed by atoms with Gasteiger partial charge in [-0.15, -0.1) is 43.3 Å². The second-order valence-corrected chi connectivity index (χ2v) is 33.4. The van der Waals surface area contributed by atoms with E-state index in [1.54, 1.807) is 34.6 Å². The van der Waals surface area contributed by atoms with Gasteiger partial charge in [0.05, 0.1) is 140 Å². The van der Waals surface area contributed by atoms with Crippen molar-refractivity contribution in [2.75, 3.05) is 79.3 Å². The molecular weight excluding hydrogens is 1990 g/mol. The van der Waals surface area contributed by atoms with E-state index in [0.29, 0.717) is 0 Å². The van der Waals surface area contributed by atoms with Crippen LogP contribution < -0.4 is 0 Å². The molecule has 7 aliphatic rings. The summed E-state index contributed by atoms with van der Waals surface area (Å²) in [5.74, 6) is -7.01. The van der Waals surface area contributed by atoms with Gasteiger partial charge in [0.2, 0.25) is 0 Å². The van der Waals surface area contributed by atoms with Crippen molar-refractivity contribution in [3.63, 3.8) is 0 Å². The lowest BCUT2D eigenvalue weighted by atomic mass is 9.79. The molecule has 7 fully saturated rings. The number of hydrogen-bond donors (Lipinski definition) is 15. The molecule has 15 unspecified atom stereocenters. The normalized spacial score (nSPS) is 37.6. The third kappa shape index (κ3) is 36.9.